The normalized spacial score (nSPS) is 17.5. The maximum atomic E-state index is 12.4. The van der Waals surface area contributed by atoms with Gasteiger partial charge in [0, 0.05) is 5.92 Å². The number of rotatable bonds is 6. The SMILES string of the molecule is CCCC(CCC)C(=O)NC1CCc2ccccc21. The highest BCUT2D eigenvalue weighted by molar-refractivity contribution is 5.79. The van der Waals surface area contributed by atoms with Gasteiger partial charge in [-0.2, -0.15) is 0 Å². The van der Waals surface area contributed by atoms with Crippen molar-refractivity contribution in [2.45, 2.75) is 58.4 Å². The summed E-state index contributed by atoms with van der Waals surface area (Å²) < 4.78 is 0. The monoisotopic (exact) mass is 259 g/mol. The summed E-state index contributed by atoms with van der Waals surface area (Å²) in [5, 5.41) is 3.27. The van der Waals surface area contributed by atoms with Crippen molar-refractivity contribution in [1.29, 1.82) is 0 Å². The van der Waals surface area contributed by atoms with E-state index in [1.165, 1.54) is 11.1 Å². The fraction of sp³-hybridized carbons (Fsp3) is 0.588. The number of nitrogens with one attached hydrogen (secondary N) is 1. The molecule has 1 aliphatic rings. The van der Waals surface area contributed by atoms with Crippen molar-refractivity contribution in [3.05, 3.63) is 35.4 Å². The highest BCUT2D eigenvalue weighted by Crippen LogP contribution is 2.31. The van der Waals surface area contributed by atoms with Crippen LogP contribution in [0.1, 0.15) is 63.1 Å². The number of benzene rings is 1. The van der Waals surface area contributed by atoms with E-state index in [1.807, 2.05) is 0 Å². The topological polar surface area (TPSA) is 29.1 Å². The van der Waals surface area contributed by atoms with Gasteiger partial charge in [0.05, 0.1) is 6.04 Å². The smallest absolute Gasteiger partial charge is 0.223 e. The van der Waals surface area contributed by atoms with Crippen molar-refractivity contribution in [2.75, 3.05) is 0 Å². The summed E-state index contributed by atoms with van der Waals surface area (Å²) in [5.41, 5.74) is 2.72. The number of amides is 1. The first-order valence-corrected chi connectivity index (χ1v) is 7.64. The zero-order chi connectivity index (χ0) is 13.7. The molecule has 19 heavy (non-hydrogen) atoms. The van der Waals surface area contributed by atoms with Crippen LogP contribution in [-0.4, -0.2) is 5.91 Å². The van der Waals surface area contributed by atoms with Crippen molar-refractivity contribution in [3.8, 4) is 0 Å². The predicted molar refractivity (Wildman–Crippen MR) is 79.0 cm³/mol. The summed E-state index contributed by atoms with van der Waals surface area (Å²) in [7, 11) is 0. The summed E-state index contributed by atoms with van der Waals surface area (Å²) in [6, 6.07) is 8.72. The lowest BCUT2D eigenvalue weighted by Gasteiger charge is -2.20. The fourth-order valence-electron chi connectivity index (χ4n) is 3.10. The second-order valence-electron chi connectivity index (χ2n) is 5.57. The van der Waals surface area contributed by atoms with E-state index in [0.29, 0.717) is 0 Å². The summed E-state index contributed by atoms with van der Waals surface area (Å²) >= 11 is 0. The molecule has 2 nitrogen and oxygen atoms in total. The Balaban J connectivity index is 1.99. The first kappa shape index (κ1) is 14.1. The summed E-state index contributed by atoms with van der Waals surface area (Å²) in [5.74, 6) is 0.452. The maximum Gasteiger partial charge on any atom is 0.223 e. The van der Waals surface area contributed by atoms with Crippen LogP contribution in [0.15, 0.2) is 24.3 Å². The van der Waals surface area contributed by atoms with Gasteiger partial charge in [-0.05, 0) is 36.8 Å². The van der Waals surface area contributed by atoms with Crippen LogP contribution in [-0.2, 0) is 11.2 Å². The van der Waals surface area contributed by atoms with Crippen LogP contribution < -0.4 is 5.32 Å². The van der Waals surface area contributed by atoms with E-state index in [-0.39, 0.29) is 17.9 Å². The molecule has 0 saturated carbocycles. The standard InChI is InChI=1S/C17H25NO/c1-3-7-14(8-4-2)17(19)18-16-12-11-13-9-5-6-10-15(13)16/h5-6,9-10,14,16H,3-4,7-8,11-12H2,1-2H3,(H,18,19). The van der Waals surface area contributed by atoms with Crippen molar-refractivity contribution in [1.82, 2.24) is 5.32 Å². The fourth-order valence-corrected chi connectivity index (χ4v) is 3.10. The van der Waals surface area contributed by atoms with Crippen molar-refractivity contribution in [2.24, 2.45) is 5.92 Å². The lowest BCUT2D eigenvalue weighted by atomic mass is 9.96. The van der Waals surface area contributed by atoms with Gasteiger partial charge in [0.2, 0.25) is 5.91 Å². The third-order valence-electron chi connectivity index (χ3n) is 4.09. The average Bonchev–Trinajstić information content (AvgIpc) is 2.82. The molecule has 1 aliphatic carbocycles. The molecule has 1 amide bonds. The van der Waals surface area contributed by atoms with Gasteiger partial charge in [-0.25, -0.2) is 0 Å². The first-order valence-electron chi connectivity index (χ1n) is 7.64. The molecule has 2 rings (SSSR count). The Morgan fingerprint density at radius 1 is 1.26 bits per heavy atom. The van der Waals surface area contributed by atoms with Crippen molar-refractivity contribution in [3.63, 3.8) is 0 Å². The van der Waals surface area contributed by atoms with Crippen LogP contribution in [0.3, 0.4) is 0 Å². The molecule has 0 spiro atoms. The average molecular weight is 259 g/mol. The molecular formula is C17H25NO. The van der Waals surface area contributed by atoms with E-state index in [9.17, 15) is 4.79 Å². The first-order chi connectivity index (χ1) is 9.26. The van der Waals surface area contributed by atoms with Crippen LogP contribution in [0.4, 0.5) is 0 Å². The van der Waals surface area contributed by atoms with Gasteiger partial charge in [0.1, 0.15) is 0 Å². The highest BCUT2D eigenvalue weighted by Gasteiger charge is 2.26. The lowest BCUT2D eigenvalue weighted by molar-refractivity contribution is -0.126. The molecule has 0 heterocycles. The summed E-state index contributed by atoms with van der Waals surface area (Å²) in [4.78, 5) is 12.4. The van der Waals surface area contributed by atoms with Gasteiger partial charge in [-0.1, -0.05) is 51.0 Å². The highest BCUT2D eigenvalue weighted by atomic mass is 16.1. The number of aryl methyl sites for hydroxylation is 1. The second kappa shape index (κ2) is 6.74. The molecule has 0 aliphatic heterocycles. The third-order valence-corrected chi connectivity index (χ3v) is 4.09. The zero-order valence-corrected chi connectivity index (χ0v) is 12.1. The van der Waals surface area contributed by atoms with Crippen molar-refractivity contribution >= 4 is 5.91 Å². The van der Waals surface area contributed by atoms with Gasteiger partial charge in [0.15, 0.2) is 0 Å². The Hall–Kier alpha value is -1.31. The molecule has 1 atom stereocenters. The minimum absolute atomic E-state index is 0.197. The summed E-state index contributed by atoms with van der Waals surface area (Å²) in [6.45, 7) is 4.31. The largest absolute Gasteiger partial charge is 0.349 e. The Bertz CT molecular complexity index is 421. The second-order valence-corrected chi connectivity index (χ2v) is 5.57. The number of carbonyl (C=O) groups excluding carboxylic acids is 1. The minimum Gasteiger partial charge on any atom is -0.349 e. The number of fused-ring (bicyclic) bond motifs is 1. The molecule has 0 bridgehead atoms. The number of hydrogen-bond donors (Lipinski definition) is 1. The summed E-state index contributed by atoms with van der Waals surface area (Å²) in [6.07, 6.45) is 6.32. The maximum absolute atomic E-state index is 12.4. The molecule has 1 N–H and O–H groups in total. The van der Waals surface area contributed by atoms with E-state index in [2.05, 4.69) is 43.4 Å². The van der Waals surface area contributed by atoms with Crippen LogP contribution in [0.2, 0.25) is 0 Å². The molecular weight excluding hydrogens is 234 g/mol. The van der Waals surface area contributed by atoms with E-state index in [0.717, 1.165) is 38.5 Å². The Kier molecular flexibility index (Phi) is 5.00. The molecule has 104 valence electrons. The van der Waals surface area contributed by atoms with Gasteiger partial charge in [-0.3, -0.25) is 4.79 Å². The molecule has 0 fully saturated rings. The van der Waals surface area contributed by atoms with Gasteiger partial charge >= 0.3 is 0 Å². The van der Waals surface area contributed by atoms with E-state index in [1.54, 1.807) is 0 Å². The molecule has 1 aromatic carbocycles. The Labute approximate surface area is 116 Å². The molecule has 0 saturated heterocycles. The lowest BCUT2D eigenvalue weighted by Crippen LogP contribution is -2.33. The van der Waals surface area contributed by atoms with E-state index >= 15 is 0 Å². The van der Waals surface area contributed by atoms with Crippen LogP contribution in [0.5, 0.6) is 0 Å². The van der Waals surface area contributed by atoms with Crippen LogP contribution in [0.25, 0.3) is 0 Å². The third kappa shape index (κ3) is 3.37. The van der Waals surface area contributed by atoms with Crippen LogP contribution in [0, 0.1) is 5.92 Å². The molecule has 0 radical (unpaired) electrons. The van der Waals surface area contributed by atoms with Gasteiger partial charge in [-0.15, -0.1) is 0 Å². The van der Waals surface area contributed by atoms with Gasteiger partial charge in [0.25, 0.3) is 0 Å². The predicted octanol–water partition coefficient (Wildman–Crippen LogP) is 4.01. The van der Waals surface area contributed by atoms with Gasteiger partial charge < -0.3 is 5.32 Å². The Morgan fingerprint density at radius 2 is 1.95 bits per heavy atom. The minimum atomic E-state index is 0.197. The zero-order valence-electron chi connectivity index (χ0n) is 12.1. The number of carbonyl (C=O) groups is 1. The molecule has 1 aromatic rings. The molecule has 2 heteroatoms. The van der Waals surface area contributed by atoms with E-state index in [4.69, 9.17) is 0 Å². The quantitative estimate of drug-likeness (QED) is 0.821. The van der Waals surface area contributed by atoms with Crippen molar-refractivity contribution < 1.29 is 4.79 Å². The van der Waals surface area contributed by atoms with Crippen LogP contribution >= 0.6 is 0 Å². The Morgan fingerprint density at radius 3 is 2.63 bits per heavy atom. The molecule has 1 unspecified atom stereocenters. The van der Waals surface area contributed by atoms with E-state index < -0.39 is 0 Å². The number of hydrogen-bond acceptors (Lipinski definition) is 1. The molecule has 0 aromatic heterocycles.